The number of amides is 3. The van der Waals surface area contributed by atoms with Crippen molar-refractivity contribution in [3.63, 3.8) is 0 Å². The standard InChI is InChI=1S/C17H33N7O6/c1-8(2)12(24-14(27)10(18)5-4-6-21-17(19)20)15(28)22-9(3)13(26)23-11(7-25)16(29)30/h8-12,25H,4-7,18H2,1-3H3,(H,22,28)(H,23,26)(H,24,27)(H,29,30)(H4,19,20,21). The number of aliphatic carboxylic acids is 1. The highest BCUT2D eigenvalue weighted by atomic mass is 16.4. The average molecular weight is 431 g/mol. The number of nitrogens with one attached hydrogen (secondary N) is 3. The fourth-order valence-corrected chi connectivity index (χ4v) is 2.30. The molecule has 0 radical (unpaired) electrons. The summed E-state index contributed by atoms with van der Waals surface area (Å²) in [5.74, 6) is -3.76. The number of nitrogens with zero attached hydrogens (tertiary/aromatic N) is 1. The molecular weight excluding hydrogens is 398 g/mol. The molecule has 13 nitrogen and oxygen atoms in total. The summed E-state index contributed by atoms with van der Waals surface area (Å²) in [5, 5.41) is 24.9. The van der Waals surface area contributed by atoms with Crippen LogP contribution in [0.2, 0.25) is 0 Å². The number of rotatable bonds is 13. The molecule has 0 bridgehead atoms. The van der Waals surface area contributed by atoms with Gasteiger partial charge in [0.15, 0.2) is 5.96 Å². The first kappa shape index (κ1) is 27.1. The Kier molecular flexibility index (Phi) is 12.0. The molecule has 4 unspecified atom stereocenters. The van der Waals surface area contributed by atoms with E-state index in [-0.39, 0.29) is 11.9 Å². The van der Waals surface area contributed by atoms with Crippen LogP contribution in [0.5, 0.6) is 0 Å². The van der Waals surface area contributed by atoms with Crippen LogP contribution in [0.15, 0.2) is 4.99 Å². The van der Waals surface area contributed by atoms with Gasteiger partial charge < -0.3 is 43.4 Å². The van der Waals surface area contributed by atoms with Gasteiger partial charge in [0.1, 0.15) is 18.1 Å². The topological polar surface area (TPSA) is 235 Å². The number of hydrogen-bond donors (Lipinski definition) is 8. The first-order valence-corrected chi connectivity index (χ1v) is 9.46. The predicted octanol–water partition coefficient (Wildman–Crippen LogP) is -3.43. The van der Waals surface area contributed by atoms with Gasteiger partial charge in [0.2, 0.25) is 17.7 Å². The molecule has 0 saturated heterocycles. The van der Waals surface area contributed by atoms with Crippen LogP contribution in [0.25, 0.3) is 0 Å². The molecule has 4 atom stereocenters. The maximum absolute atomic E-state index is 12.5. The Morgan fingerprint density at radius 1 is 0.967 bits per heavy atom. The zero-order valence-corrected chi connectivity index (χ0v) is 17.4. The predicted molar refractivity (Wildman–Crippen MR) is 109 cm³/mol. The lowest BCUT2D eigenvalue weighted by atomic mass is 10.0. The van der Waals surface area contributed by atoms with Crippen LogP contribution in [0.4, 0.5) is 0 Å². The van der Waals surface area contributed by atoms with E-state index in [9.17, 15) is 19.2 Å². The molecule has 0 spiro atoms. The van der Waals surface area contributed by atoms with Gasteiger partial charge in [-0.25, -0.2) is 4.79 Å². The van der Waals surface area contributed by atoms with Gasteiger partial charge in [-0.15, -0.1) is 0 Å². The van der Waals surface area contributed by atoms with E-state index in [1.807, 2.05) is 0 Å². The third-order valence-electron chi connectivity index (χ3n) is 4.10. The van der Waals surface area contributed by atoms with Crippen LogP contribution in [0.1, 0.15) is 33.6 Å². The number of aliphatic hydroxyl groups is 1. The van der Waals surface area contributed by atoms with E-state index < -0.39 is 54.5 Å². The van der Waals surface area contributed by atoms with Crippen molar-refractivity contribution in [3.8, 4) is 0 Å². The van der Waals surface area contributed by atoms with Gasteiger partial charge in [0, 0.05) is 6.54 Å². The molecule has 3 amide bonds. The van der Waals surface area contributed by atoms with Gasteiger partial charge >= 0.3 is 5.97 Å². The van der Waals surface area contributed by atoms with Crippen LogP contribution in [-0.4, -0.2) is 77.2 Å². The maximum Gasteiger partial charge on any atom is 0.328 e. The van der Waals surface area contributed by atoms with Gasteiger partial charge in [-0.1, -0.05) is 13.8 Å². The molecule has 11 N–H and O–H groups in total. The van der Waals surface area contributed by atoms with Crippen LogP contribution < -0.4 is 33.2 Å². The van der Waals surface area contributed by atoms with E-state index in [4.69, 9.17) is 27.4 Å². The van der Waals surface area contributed by atoms with Gasteiger partial charge in [-0.3, -0.25) is 19.4 Å². The van der Waals surface area contributed by atoms with E-state index in [1.54, 1.807) is 13.8 Å². The second-order valence-corrected chi connectivity index (χ2v) is 7.10. The Balaban J connectivity index is 4.82. The lowest BCUT2D eigenvalue weighted by Crippen LogP contribution is -2.58. The molecule has 0 rings (SSSR count). The molecule has 0 fully saturated rings. The first-order chi connectivity index (χ1) is 13.9. The van der Waals surface area contributed by atoms with Crippen LogP contribution in [0.3, 0.4) is 0 Å². The third-order valence-corrected chi connectivity index (χ3v) is 4.10. The third kappa shape index (κ3) is 10.0. The van der Waals surface area contributed by atoms with Crippen molar-refractivity contribution in [2.45, 2.75) is 57.8 Å². The molecule has 0 saturated carbocycles. The van der Waals surface area contributed by atoms with Crippen molar-refractivity contribution in [3.05, 3.63) is 0 Å². The largest absolute Gasteiger partial charge is 0.480 e. The van der Waals surface area contributed by atoms with Crippen molar-refractivity contribution in [2.75, 3.05) is 13.2 Å². The maximum atomic E-state index is 12.5. The Hall–Kier alpha value is -2.93. The number of hydrogen-bond acceptors (Lipinski definition) is 7. The van der Waals surface area contributed by atoms with E-state index >= 15 is 0 Å². The lowest BCUT2D eigenvalue weighted by molar-refractivity contribution is -0.143. The number of carbonyl (C=O) groups is 4. The minimum absolute atomic E-state index is 0.0589. The van der Waals surface area contributed by atoms with Gasteiger partial charge in [0.05, 0.1) is 12.6 Å². The number of carbonyl (C=O) groups excluding carboxylic acids is 3. The summed E-state index contributed by atoms with van der Waals surface area (Å²) < 4.78 is 0. The number of carboxylic acids is 1. The van der Waals surface area contributed by atoms with E-state index in [1.165, 1.54) is 6.92 Å². The van der Waals surface area contributed by atoms with Crippen molar-refractivity contribution < 1.29 is 29.4 Å². The van der Waals surface area contributed by atoms with Gasteiger partial charge in [-0.05, 0) is 25.7 Å². The van der Waals surface area contributed by atoms with Crippen molar-refractivity contribution in [1.82, 2.24) is 16.0 Å². The summed E-state index contributed by atoms with van der Waals surface area (Å²) in [6.45, 7) is 4.26. The summed E-state index contributed by atoms with van der Waals surface area (Å²) in [4.78, 5) is 51.5. The highest BCUT2D eigenvalue weighted by molar-refractivity contribution is 5.94. The fourth-order valence-electron chi connectivity index (χ4n) is 2.30. The Bertz CT molecular complexity index is 636. The SMILES string of the molecule is CC(NC(=O)C(NC(=O)C(N)CCCN=C(N)N)C(C)C)C(=O)NC(CO)C(=O)O. The second-order valence-electron chi connectivity index (χ2n) is 7.10. The summed E-state index contributed by atoms with van der Waals surface area (Å²) in [5.41, 5.74) is 16.3. The second kappa shape index (κ2) is 13.3. The molecule has 0 aliphatic heterocycles. The lowest BCUT2D eigenvalue weighted by Gasteiger charge is -2.25. The van der Waals surface area contributed by atoms with Crippen LogP contribution in [-0.2, 0) is 19.2 Å². The smallest absolute Gasteiger partial charge is 0.328 e. The van der Waals surface area contributed by atoms with E-state index in [2.05, 4.69) is 20.9 Å². The van der Waals surface area contributed by atoms with Crippen molar-refractivity contribution in [2.24, 2.45) is 28.1 Å². The summed E-state index contributed by atoms with van der Waals surface area (Å²) >= 11 is 0. The Morgan fingerprint density at radius 3 is 2.03 bits per heavy atom. The fraction of sp³-hybridized carbons (Fsp3) is 0.706. The molecule has 30 heavy (non-hydrogen) atoms. The zero-order chi connectivity index (χ0) is 23.4. The molecule has 0 aliphatic carbocycles. The van der Waals surface area contributed by atoms with E-state index in [0.29, 0.717) is 19.4 Å². The normalized spacial score (nSPS) is 14.7. The number of aliphatic imine (C=N–C) groups is 1. The summed E-state index contributed by atoms with van der Waals surface area (Å²) in [6.07, 6.45) is 0.767. The average Bonchev–Trinajstić information content (AvgIpc) is 2.65. The van der Waals surface area contributed by atoms with Gasteiger partial charge in [-0.2, -0.15) is 0 Å². The first-order valence-electron chi connectivity index (χ1n) is 9.46. The quantitative estimate of drug-likeness (QED) is 0.0821. The minimum Gasteiger partial charge on any atom is -0.480 e. The molecule has 13 heteroatoms. The zero-order valence-electron chi connectivity index (χ0n) is 17.4. The Labute approximate surface area is 174 Å². The molecular formula is C17H33N7O6. The minimum atomic E-state index is -1.49. The van der Waals surface area contributed by atoms with E-state index in [0.717, 1.165) is 0 Å². The number of guanidine groups is 1. The van der Waals surface area contributed by atoms with Gasteiger partial charge in [0.25, 0.3) is 0 Å². The molecule has 0 aromatic rings. The Morgan fingerprint density at radius 2 is 1.57 bits per heavy atom. The number of aliphatic hydroxyl groups excluding tert-OH is 1. The number of carboxylic acid groups (broad SMARTS) is 1. The van der Waals surface area contributed by atoms with Crippen LogP contribution >= 0.6 is 0 Å². The summed E-state index contributed by atoms with van der Waals surface area (Å²) in [6, 6.07) is -4.44. The molecule has 0 aromatic carbocycles. The summed E-state index contributed by atoms with van der Waals surface area (Å²) in [7, 11) is 0. The highest BCUT2D eigenvalue weighted by Gasteiger charge is 2.29. The monoisotopic (exact) mass is 431 g/mol. The number of nitrogens with two attached hydrogens (primary N) is 3. The van der Waals surface area contributed by atoms with Crippen molar-refractivity contribution in [1.29, 1.82) is 0 Å². The molecule has 0 heterocycles. The van der Waals surface area contributed by atoms with Crippen LogP contribution in [0, 0.1) is 5.92 Å². The van der Waals surface area contributed by atoms with Crippen molar-refractivity contribution >= 4 is 29.7 Å². The highest BCUT2D eigenvalue weighted by Crippen LogP contribution is 2.05. The molecule has 172 valence electrons. The molecule has 0 aliphatic rings. The molecule has 0 aromatic heterocycles.